The summed E-state index contributed by atoms with van der Waals surface area (Å²) in [4.78, 5) is 15.0. The smallest absolute Gasteiger partial charge is 0.303 e. The molecule has 8 heteroatoms. The van der Waals surface area contributed by atoms with Gasteiger partial charge in [-0.05, 0) is 66.3 Å². The highest BCUT2D eigenvalue weighted by atomic mass is 19.1. The number of benzene rings is 3. The molecule has 6 nitrogen and oxygen atoms in total. The van der Waals surface area contributed by atoms with Crippen LogP contribution in [0.25, 0.3) is 34.0 Å². The minimum Gasteiger partial charge on any atom is -0.481 e. The molecule has 0 unspecified atom stereocenters. The highest BCUT2D eigenvalue weighted by Gasteiger charge is 2.18. The average molecular weight is 478 g/mol. The van der Waals surface area contributed by atoms with Crippen molar-refractivity contribution in [3.05, 3.63) is 82.9 Å². The van der Waals surface area contributed by atoms with Gasteiger partial charge in [0, 0.05) is 30.2 Å². The molecule has 35 heavy (non-hydrogen) atoms. The number of aliphatic carboxylic acids is 1. The van der Waals surface area contributed by atoms with Crippen LogP contribution in [0.4, 0.5) is 8.78 Å². The molecular formula is C27H24F2N2O4. The third kappa shape index (κ3) is 5.44. The SMILES string of the molecule is COCc1cc(-c2nc(-c3cc(F)c(CCCC(=O)O)c(F)c3)no2)ccc1-c1ccccc1C. The van der Waals surface area contributed by atoms with Crippen LogP contribution < -0.4 is 0 Å². The fraction of sp³-hybridized carbons (Fsp3) is 0.222. The number of carboxylic acid groups (broad SMARTS) is 1. The van der Waals surface area contributed by atoms with Crippen LogP contribution in [0.15, 0.2) is 59.1 Å². The van der Waals surface area contributed by atoms with Gasteiger partial charge in [0.2, 0.25) is 5.82 Å². The van der Waals surface area contributed by atoms with E-state index in [-0.39, 0.29) is 42.1 Å². The largest absolute Gasteiger partial charge is 0.481 e. The van der Waals surface area contributed by atoms with E-state index in [1.807, 2.05) is 49.4 Å². The number of ether oxygens (including phenoxy) is 1. The number of carbonyl (C=O) groups is 1. The first-order valence-corrected chi connectivity index (χ1v) is 11.1. The molecule has 4 rings (SSSR count). The van der Waals surface area contributed by atoms with Crippen molar-refractivity contribution in [2.45, 2.75) is 32.8 Å². The Kier molecular flexibility index (Phi) is 7.31. The van der Waals surface area contributed by atoms with Crippen molar-refractivity contribution in [1.82, 2.24) is 10.1 Å². The molecule has 0 radical (unpaired) electrons. The van der Waals surface area contributed by atoms with Crippen LogP contribution in [0.1, 0.15) is 29.5 Å². The van der Waals surface area contributed by atoms with Gasteiger partial charge in [-0.25, -0.2) is 8.78 Å². The van der Waals surface area contributed by atoms with Crippen molar-refractivity contribution in [2.75, 3.05) is 7.11 Å². The average Bonchev–Trinajstić information content (AvgIpc) is 3.32. The van der Waals surface area contributed by atoms with Gasteiger partial charge in [0.25, 0.3) is 5.89 Å². The van der Waals surface area contributed by atoms with Gasteiger partial charge in [0.15, 0.2) is 0 Å². The normalized spacial score (nSPS) is 11.1. The summed E-state index contributed by atoms with van der Waals surface area (Å²) in [6.45, 7) is 2.41. The lowest BCUT2D eigenvalue weighted by Gasteiger charge is -2.12. The summed E-state index contributed by atoms with van der Waals surface area (Å²) in [6, 6.07) is 16.0. The first kappa shape index (κ1) is 24.2. The number of halogens is 2. The zero-order chi connectivity index (χ0) is 24.9. The highest BCUT2D eigenvalue weighted by Crippen LogP contribution is 2.32. The quantitative estimate of drug-likeness (QED) is 0.308. The van der Waals surface area contributed by atoms with E-state index >= 15 is 0 Å². The lowest BCUT2D eigenvalue weighted by Crippen LogP contribution is -2.01. The van der Waals surface area contributed by atoms with E-state index in [1.54, 1.807) is 7.11 Å². The fourth-order valence-electron chi connectivity index (χ4n) is 3.98. The van der Waals surface area contributed by atoms with Gasteiger partial charge in [-0.1, -0.05) is 35.5 Å². The maximum Gasteiger partial charge on any atom is 0.303 e. The summed E-state index contributed by atoms with van der Waals surface area (Å²) in [7, 11) is 1.62. The topological polar surface area (TPSA) is 85.5 Å². The summed E-state index contributed by atoms with van der Waals surface area (Å²) in [5.74, 6) is -2.31. The number of hydrogen-bond donors (Lipinski definition) is 1. The third-order valence-electron chi connectivity index (χ3n) is 5.73. The molecular weight excluding hydrogens is 454 g/mol. The monoisotopic (exact) mass is 478 g/mol. The van der Waals surface area contributed by atoms with Crippen molar-refractivity contribution in [3.8, 4) is 34.0 Å². The zero-order valence-corrected chi connectivity index (χ0v) is 19.3. The lowest BCUT2D eigenvalue weighted by atomic mass is 9.94. The molecule has 0 bridgehead atoms. The van der Waals surface area contributed by atoms with Gasteiger partial charge < -0.3 is 14.4 Å². The van der Waals surface area contributed by atoms with Gasteiger partial charge in [0.05, 0.1) is 6.61 Å². The number of aromatic nitrogens is 2. The maximum atomic E-state index is 14.5. The lowest BCUT2D eigenvalue weighted by molar-refractivity contribution is -0.137. The second-order valence-corrected chi connectivity index (χ2v) is 8.21. The summed E-state index contributed by atoms with van der Waals surface area (Å²) >= 11 is 0. The standard InChI is InChI=1S/C27H24F2N2O4/c1-16-6-3-4-7-20(16)21-11-10-17(12-19(21)15-34-2)27-30-26(31-35-27)18-13-23(28)22(24(29)14-18)8-5-9-25(32)33/h3-4,6-7,10-14H,5,8-9,15H2,1-2H3,(H,32,33). The van der Waals surface area contributed by atoms with Crippen molar-refractivity contribution in [3.63, 3.8) is 0 Å². The van der Waals surface area contributed by atoms with Crippen molar-refractivity contribution in [2.24, 2.45) is 0 Å². The van der Waals surface area contributed by atoms with Gasteiger partial charge in [-0.15, -0.1) is 0 Å². The molecule has 0 spiro atoms. The second-order valence-electron chi connectivity index (χ2n) is 8.21. The van der Waals surface area contributed by atoms with E-state index in [1.165, 1.54) is 0 Å². The Hall–Kier alpha value is -3.91. The van der Waals surface area contributed by atoms with Crippen molar-refractivity contribution < 1.29 is 27.9 Å². The van der Waals surface area contributed by atoms with Gasteiger partial charge in [0.1, 0.15) is 11.6 Å². The molecule has 3 aromatic carbocycles. The number of methoxy groups -OCH3 is 1. The Morgan fingerprint density at radius 1 is 1.03 bits per heavy atom. The second kappa shape index (κ2) is 10.6. The molecule has 0 aliphatic carbocycles. The summed E-state index contributed by atoms with van der Waals surface area (Å²) in [5, 5.41) is 12.6. The summed E-state index contributed by atoms with van der Waals surface area (Å²) in [6.07, 6.45) is -0.0447. The van der Waals surface area contributed by atoms with Crippen LogP contribution >= 0.6 is 0 Å². The van der Waals surface area contributed by atoms with Gasteiger partial charge >= 0.3 is 5.97 Å². The van der Waals surface area contributed by atoms with Crippen LogP contribution in [-0.4, -0.2) is 28.3 Å². The van der Waals surface area contributed by atoms with Crippen molar-refractivity contribution >= 4 is 5.97 Å². The molecule has 0 saturated heterocycles. The van der Waals surface area contributed by atoms with Crippen LogP contribution in [0, 0.1) is 18.6 Å². The van der Waals surface area contributed by atoms with Gasteiger partial charge in [-0.3, -0.25) is 4.79 Å². The highest BCUT2D eigenvalue weighted by molar-refractivity contribution is 5.74. The van der Waals surface area contributed by atoms with E-state index in [0.29, 0.717) is 12.2 Å². The third-order valence-corrected chi connectivity index (χ3v) is 5.73. The van der Waals surface area contributed by atoms with E-state index in [2.05, 4.69) is 10.1 Å². The Bertz CT molecular complexity index is 1340. The molecule has 0 aliphatic rings. The Morgan fingerprint density at radius 2 is 1.77 bits per heavy atom. The number of hydrogen-bond acceptors (Lipinski definition) is 5. The Morgan fingerprint density at radius 3 is 2.46 bits per heavy atom. The van der Waals surface area contributed by atoms with Crippen LogP contribution in [-0.2, 0) is 22.6 Å². The maximum absolute atomic E-state index is 14.5. The predicted molar refractivity (Wildman–Crippen MR) is 127 cm³/mol. The first-order valence-electron chi connectivity index (χ1n) is 11.1. The van der Waals surface area contributed by atoms with Crippen LogP contribution in [0.5, 0.6) is 0 Å². The zero-order valence-electron chi connectivity index (χ0n) is 19.3. The van der Waals surface area contributed by atoms with Crippen LogP contribution in [0.2, 0.25) is 0 Å². The Labute approximate surface area is 201 Å². The number of aryl methyl sites for hydroxylation is 1. The van der Waals surface area contributed by atoms with Crippen LogP contribution in [0.3, 0.4) is 0 Å². The molecule has 180 valence electrons. The van der Waals surface area contributed by atoms with E-state index < -0.39 is 17.6 Å². The molecule has 0 aliphatic heterocycles. The molecule has 0 fully saturated rings. The Balaban J connectivity index is 1.63. The number of carboxylic acids is 1. The van der Waals surface area contributed by atoms with Crippen molar-refractivity contribution in [1.29, 1.82) is 0 Å². The number of rotatable bonds is 9. The molecule has 4 aromatic rings. The predicted octanol–water partition coefficient (Wildman–Crippen LogP) is 6.21. The number of nitrogens with zero attached hydrogens (tertiary/aromatic N) is 2. The van der Waals surface area contributed by atoms with E-state index in [9.17, 15) is 13.6 Å². The van der Waals surface area contributed by atoms with Gasteiger partial charge in [-0.2, -0.15) is 4.98 Å². The fourth-order valence-corrected chi connectivity index (χ4v) is 3.98. The molecule has 1 N–H and O–H groups in total. The van der Waals surface area contributed by atoms with E-state index in [0.717, 1.165) is 34.4 Å². The molecule has 0 saturated carbocycles. The summed E-state index contributed by atoms with van der Waals surface area (Å²) < 4.78 is 39.9. The minimum atomic E-state index is -1.01. The first-order chi connectivity index (χ1) is 16.9. The molecule has 1 heterocycles. The molecule has 1 aromatic heterocycles. The molecule has 0 amide bonds. The summed E-state index contributed by atoms with van der Waals surface area (Å²) in [5.41, 5.74) is 4.80. The minimum absolute atomic E-state index is 0.0166. The molecule has 0 atom stereocenters. The van der Waals surface area contributed by atoms with E-state index in [4.69, 9.17) is 14.4 Å².